The van der Waals surface area contributed by atoms with Crippen LogP contribution >= 0.6 is 0 Å². The summed E-state index contributed by atoms with van der Waals surface area (Å²) in [6.07, 6.45) is 1.62. The van der Waals surface area contributed by atoms with Crippen LogP contribution in [0.25, 0.3) is 0 Å². The number of imidazole rings is 1. The molecular weight excluding hydrogens is 244 g/mol. The van der Waals surface area contributed by atoms with Crippen LogP contribution < -0.4 is 5.32 Å². The maximum Gasteiger partial charge on any atom is 0.381 e. The molecule has 100 valence electrons. The van der Waals surface area contributed by atoms with Crippen molar-refractivity contribution >= 4 is 11.7 Å². The molecule has 0 aromatic carbocycles. The largest absolute Gasteiger partial charge is 0.394 e. The summed E-state index contributed by atoms with van der Waals surface area (Å²) >= 11 is 0. The summed E-state index contributed by atoms with van der Waals surface area (Å²) in [6, 6.07) is 0. The first-order valence-electron chi connectivity index (χ1n) is 5.24. The van der Waals surface area contributed by atoms with Crippen LogP contribution in [0.3, 0.4) is 0 Å². The van der Waals surface area contributed by atoms with Crippen molar-refractivity contribution in [3.8, 4) is 0 Å². The normalized spacial score (nSPS) is 12.1. The van der Waals surface area contributed by atoms with Crippen LogP contribution in [0.1, 0.15) is 6.42 Å². The number of carbonyl (C=O) groups is 1. The molecule has 0 saturated carbocycles. The van der Waals surface area contributed by atoms with Gasteiger partial charge in [-0.05, 0) is 9.91 Å². The highest BCUT2D eigenvalue weighted by atomic mass is 16.6. The van der Waals surface area contributed by atoms with E-state index in [1.165, 1.54) is 17.1 Å². The summed E-state index contributed by atoms with van der Waals surface area (Å²) in [7, 11) is 0. The zero-order valence-corrected chi connectivity index (χ0v) is 9.52. The van der Waals surface area contributed by atoms with Gasteiger partial charge in [0.05, 0.1) is 12.7 Å². The Balaban J connectivity index is 2.31. The van der Waals surface area contributed by atoms with Crippen molar-refractivity contribution in [2.45, 2.75) is 19.1 Å². The van der Waals surface area contributed by atoms with Gasteiger partial charge in [-0.2, -0.15) is 0 Å². The van der Waals surface area contributed by atoms with Gasteiger partial charge in [0.25, 0.3) is 0 Å². The zero-order valence-electron chi connectivity index (χ0n) is 9.52. The lowest BCUT2D eigenvalue weighted by Crippen LogP contribution is -2.34. The maximum atomic E-state index is 11.3. The third kappa shape index (κ3) is 4.47. The molecule has 18 heavy (non-hydrogen) atoms. The summed E-state index contributed by atoms with van der Waals surface area (Å²) in [5.41, 5.74) is 0. The number of carbonyl (C=O) groups excluding carboxylic acids is 1. The van der Waals surface area contributed by atoms with Crippen LogP contribution in [0, 0.1) is 10.1 Å². The lowest BCUT2D eigenvalue weighted by Gasteiger charge is -2.08. The maximum absolute atomic E-state index is 11.3. The molecule has 0 aliphatic carbocycles. The Hall–Kier alpha value is -2.00. The second-order valence-electron chi connectivity index (χ2n) is 3.62. The molecule has 0 radical (unpaired) electrons. The van der Waals surface area contributed by atoms with Crippen LogP contribution in [0.4, 0.5) is 5.82 Å². The Kier molecular flexibility index (Phi) is 5.21. The molecule has 1 atom stereocenters. The van der Waals surface area contributed by atoms with Gasteiger partial charge in [0.2, 0.25) is 12.2 Å². The first-order chi connectivity index (χ1) is 8.52. The SMILES string of the molecule is O=C(CCn1cnc([N+](=O)[O-])c1)NCC(O)CO. The average molecular weight is 258 g/mol. The number of aryl methyl sites for hydroxylation is 1. The number of hydrogen-bond acceptors (Lipinski definition) is 6. The van der Waals surface area contributed by atoms with E-state index in [4.69, 9.17) is 10.2 Å². The minimum absolute atomic E-state index is 0.0284. The predicted molar refractivity (Wildman–Crippen MR) is 59.6 cm³/mol. The van der Waals surface area contributed by atoms with Crippen molar-refractivity contribution < 1.29 is 19.9 Å². The molecule has 3 N–H and O–H groups in total. The number of aromatic nitrogens is 2. The number of hydrogen-bond donors (Lipinski definition) is 3. The molecular formula is C9H14N4O5. The van der Waals surface area contributed by atoms with E-state index in [2.05, 4.69) is 10.3 Å². The molecule has 9 nitrogen and oxygen atoms in total. The molecule has 1 amide bonds. The van der Waals surface area contributed by atoms with Gasteiger partial charge in [-0.1, -0.05) is 0 Å². The Bertz CT molecular complexity index is 419. The van der Waals surface area contributed by atoms with Crippen molar-refractivity contribution in [2.24, 2.45) is 0 Å². The van der Waals surface area contributed by atoms with Crippen molar-refractivity contribution in [1.82, 2.24) is 14.9 Å². The molecule has 1 rings (SSSR count). The highest BCUT2D eigenvalue weighted by Gasteiger charge is 2.11. The highest BCUT2D eigenvalue weighted by molar-refractivity contribution is 5.75. The fourth-order valence-electron chi connectivity index (χ4n) is 1.18. The predicted octanol–water partition coefficient (Wildman–Crippen LogP) is -1.35. The second kappa shape index (κ2) is 6.67. The monoisotopic (exact) mass is 258 g/mol. The third-order valence-electron chi connectivity index (χ3n) is 2.15. The van der Waals surface area contributed by atoms with Crippen LogP contribution in [0.2, 0.25) is 0 Å². The van der Waals surface area contributed by atoms with E-state index in [-0.39, 0.29) is 31.2 Å². The van der Waals surface area contributed by atoms with Crippen LogP contribution in [-0.4, -0.2) is 49.9 Å². The molecule has 0 aliphatic heterocycles. The third-order valence-corrected chi connectivity index (χ3v) is 2.15. The van der Waals surface area contributed by atoms with Crippen molar-refractivity contribution in [3.05, 3.63) is 22.6 Å². The Morgan fingerprint density at radius 1 is 1.67 bits per heavy atom. The van der Waals surface area contributed by atoms with Gasteiger partial charge in [0, 0.05) is 19.5 Å². The van der Waals surface area contributed by atoms with E-state index in [9.17, 15) is 14.9 Å². The fraction of sp³-hybridized carbons (Fsp3) is 0.556. The molecule has 0 aliphatic rings. The smallest absolute Gasteiger partial charge is 0.381 e. The highest BCUT2D eigenvalue weighted by Crippen LogP contribution is 2.05. The van der Waals surface area contributed by atoms with Crippen LogP contribution in [-0.2, 0) is 11.3 Å². The molecule has 1 aromatic rings. The zero-order chi connectivity index (χ0) is 13.5. The molecule has 1 aromatic heterocycles. The number of nitrogens with one attached hydrogen (secondary N) is 1. The van der Waals surface area contributed by atoms with Crippen molar-refractivity contribution in [2.75, 3.05) is 13.2 Å². The van der Waals surface area contributed by atoms with Crippen LogP contribution in [0.15, 0.2) is 12.5 Å². The lowest BCUT2D eigenvalue weighted by atomic mass is 10.3. The fourth-order valence-corrected chi connectivity index (χ4v) is 1.18. The summed E-state index contributed by atoms with van der Waals surface area (Å²) in [5, 5.41) is 30.3. The molecule has 0 fully saturated rings. The van der Waals surface area contributed by atoms with Gasteiger partial charge in [-0.25, -0.2) is 0 Å². The number of nitro groups is 1. The molecule has 0 spiro atoms. The van der Waals surface area contributed by atoms with E-state index in [0.717, 1.165) is 0 Å². The quantitative estimate of drug-likeness (QED) is 0.409. The Morgan fingerprint density at radius 2 is 2.39 bits per heavy atom. The van der Waals surface area contributed by atoms with Gasteiger partial charge in [0.15, 0.2) is 0 Å². The Labute approximate surface area is 102 Å². The minimum atomic E-state index is -0.983. The van der Waals surface area contributed by atoms with Gasteiger partial charge in [0.1, 0.15) is 6.20 Å². The van der Waals surface area contributed by atoms with Crippen molar-refractivity contribution in [3.63, 3.8) is 0 Å². The van der Waals surface area contributed by atoms with E-state index in [0.29, 0.717) is 0 Å². The molecule has 0 saturated heterocycles. The van der Waals surface area contributed by atoms with Crippen molar-refractivity contribution in [1.29, 1.82) is 0 Å². The summed E-state index contributed by atoms with van der Waals surface area (Å²) in [4.78, 5) is 24.6. The lowest BCUT2D eigenvalue weighted by molar-refractivity contribution is -0.389. The first-order valence-corrected chi connectivity index (χ1v) is 5.24. The number of aliphatic hydroxyl groups excluding tert-OH is 2. The number of amides is 1. The summed E-state index contributed by atoms with van der Waals surface area (Å²) in [5.74, 6) is -0.593. The number of aliphatic hydroxyl groups is 2. The molecule has 9 heteroatoms. The number of nitrogens with zero attached hydrogens (tertiary/aromatic N) is 3. The van der Waals surface area contributed by atoms with Gasteiger partial charge < -0.3 is 30.2 Å². The molecule has 1 heterocycles. The van der Waals surface area contributed by atoms with Gasteiger partial charge >= 0.3 is 5.82 Å². The summed E-state index contributed by atoms with van der Waals surface area (Å²) < 4.78 is 1.43. The van der Waals surface area contributed by atoms with E-state index in [1.807, 2.05) is 0 Å². The van der Waals surface area contributed by atoms with Crippen LogP contribution in [0.5, 0.6) is 0 Å². The minimum Gasteiger partial charge on any atom is -0.394 e. The standard InChI is InChI=1S/C9H14N4O5/c14-5-7(15)3-10-9(16)1-2-12-4-8(11-6-12)13(17)18/h4,6-7,14-15H,1-3,5H2,(H,10,16). The Morgan fingerprint density at radius 3 is 2.94 bits per heavy atom. The molecule has 0 bridgehead atoms. The van der Waals surface area contributed by atoms with E-state index in [1.54, 1.807) is 0 Å². The van der Waals surface area contributed by atoms with E-state index < -0.39 is 17.6 Å². The summed E-state index contributed by atoms with van der Waals surface area (Å²) in [6.45, 7) is -0.199. The van der Waals surface area contributed by atoms with Gasteiger partial charge in [-0.3, -0.25) is 4.79 Å². The molecule has 1 unspecified atom stereocenters. The average Bonchev–Trinajstić information content (AvgIpc) is 2.82. The number of rotatable bonds is 7. The van der Waals surface area contributed by atoms with E-state index >= 15 is 0 Å². The van der Waals surface area contributed by atoms with Gasteiger partial charge in [-0.15, -0.1) is 0 Å². The first kappa shape index (κ1) is 14.1. The second-order valence-corrected chi connectivity index (χ2v) is 3.62. The topological polar surface area (TPSA) is 131 Å².